The fourth-order valence-electron chi connectivity index (χ4n) is 1.81. The summed E-state index contributed by atoms with van der Waals surface area (Å²) in [4.78, 5) is 22.9. The van der Waals surface area contributed by atoms with E-state index in [0.29, 0.717) is 25.1 Å². The molecule has 0 fully saturated rings. The Morgan fingerprint density at radius 2 is 1.86 bits per heavy atom. The molecule has 6 nitrogen and oxygen atoms in total. The second-order valence-electron chi connectivity index (χ2n) is 4.59. The van der Waals surface area contributed by atoms with Crippen molar-refractivity contribution in [3.63, 3.8) is 0 Å². The molecule has 1 aromatic carbocycles. The van der Waals surface area contributed by atoms with E-state index < -0.39 is 0 Å². The summed E-state index contributed by atoms with van der Waals surface area (Å²) in [5.74, 6) is -0.444. The Labute approximate surface area is 136 Å². The van der Waals surface area contributed by atoms with E-state index in [2.05, 4.69) is 10.1 Å². The van der Waals surface area contributed by atoms with Crippen LogP contribution in [0.3, 0.4) is 0 Å². The number of carbonyl (C=O) groups excluding carboxylic acids is 2. The number of hydrogen-bond donors (Lipinski definition) is 2. The van der Waals surface area contributed by atoms with E-state index in [9.17, 15) is 9.59 Å². The molecule has 0 aliphatic rings. The van der Waals surface area contributed by atoms with Crippen LogP contribution < -0.4 is 11.1 Å². The highest BCUT2D eigenvalue weighted by Crippen LogP contribution is 2.06. The number of nitrogens with two attached hydrogens (primary N) is 1. The smallest absolute Gasteiger partial charge is 0.337 e. The molecular weight excluding hydrogens is 308 g/mol. The van der Waals surface area contributed by atoms with E-state index in [1.807, 2.05) is 12.1 Å². The Kier molecular flexibility index (Phi) is 10.2. The zero-order valence-electron chi connectivity index (χ0n) is 12.8. The Bertz CT molecular complexity index is 461. The summed E-state index contributed by atoms with van der Waals surface area (Å²) in [6, 6.07) is 7.10. The van der Waals surface area contributed by atoms with Crippen LogP contribution in [0.25, 0.3) is 0 Å². The fourth-order valence-corrected chi connectivity index (χ4v) is 1.81. The third-order valence-corrected chi connectivity index (χ3v) is 3.12. The molecule has 22 heavy (non-hydrogen) atoms. The predicted octanol–water partition coefficient (Wildman–Crippen LogP) is 0.918. The summed E-state index contributed by atoms with van der Waals surface area (Å²) in [5.41, 5.74) is 7.00. The first kappa shape index (κ1) is 20.4. The summed E-state index contributed by atoms with van der Waals surface area (Å²) in [6.07, 6.45) is 0.700. The Morgan fingerprint density at radius 3 is 2.36 bits per heavy atom. The van der Waals surface area contributed by atoms with E-state index in [0.717, 1.165) is 5.56 Å². The minimum absolute atomic E-state index is 0. The molecular formula is C15H23ClN2O4. The molecule has 0 aliphatic carbocycles. The third kappa shape index (κ3) is 6.89. The lowest BCUT2D eigenvalue weighted by molar-refractivity contribution is -0.123. The summed E-state index contributed by atoms with van der Waals surface area (Å²) in [5, 5.41) is 2.81. The molecule has 0 radical (unpaired) electrons. The molecule has 0 saturated carbocycles. The van der Waals surface area contributed by atoms with Gasteiger partial charge in [-0.05, 0) is 24.1 Å². The van der Waals surface area contributed by atoms with Gasteiger partial charge < -0.3 is 20.5 Å². The highest BCUT2D eigenvalue weighted by atomic mass is 35.5. The van der Waals surface area contributed by atoms with Gasteiger partial charge in [-0.1, -0.05) is 12.1 Å². The van der Waals surface area contributed by atoms with Crippen molar-refractivity contribution in [3.8, 4) is 0 Å². The molecule has 1 atom stereocenters. The van der Waals surface area contributed by atoms with Gasteiger partial charge in [-0.25, -0.2) is 4.79 Å². The highest BCUT2D eigenvalue weighted by Gasteiger charge is 2.10. The fraction of sp³-hybridized carbons (Fsp3) is 0.467. The molecule has 0 spiro atoms. The standard InChI is InChI=1S/C15H22N2O4.ClH/c1-20-13(10-16)9-14(18)17-8-7-11-3-5-12(6-4-11)15(19)21-2;/h3-6,13H,7-10,16H2,1-2H3,(H,17,18);1H. The van der Waals surface area contributed by atoms with Gasteiger partial charge in [0.25, 0.3) is 0 Å². The van der Waals surface area contributed by atoms with Crippen LogP contribution in [-0.2, 0) is 20.7 Å². The number of benzene rings is 1. The summed E-state index contributed by atoms with van der Waals surface area (Å²) >= 11 is 0. The summed E-state index contributed by atoms with van der Waals surface area (Å²) in [7, 11) is 2.88. The van der Waals surface area contributed by atoms with Crippen molar-refractivity contribution in [2.24, 2.45) is 5.73 Å². The van der Waals surface area contributed by atoms with Crippen LogP contribution in [0.2, 0.25) is 0 Å². The van der Waals surface area contributed by atoms with E-state index in [4.69, 9.17) is 10.5 Å². The van der Waals surface area contributed by atoms with E-state index >= 15 is 0 Å². The second kappa shape index (κ2) is 11.0. The molecule has 1 unspecified atom stereocenters. The Hall–Kier alpha value is -1.63. The number of esters is 1. The van der Waals surface area contributed by atoms with E-state index in [1.54, 1.807) is 12.1 Å². The first-order valence-electron chi connectivity index (χ1n) is 6.77. The average molecular weight is 331 g/mol. The van der Waals surface area contributed by atoms with Crippen molar-refractivity contribution >= 4 is 24.3 Å². The Balaban J connectivity index is 0.00000441. The number of rotatable bonds is 8. The maximum Gasteiger partial charge on any atom is 0.337 e. The van der Waals surface area contributed by atoms with Gasteiger partial charge in [-0.3, -0.25) is 4.79 Å². The lowest BCUT2D eigenvalue weighted by atomic mass is 10.1. The number of amides is 1. The molecule has 1 aromatic rings. The van der Waals surface area contributed by atoms with Crippen LogP contribution in [0.5, 0.6) is 0 Å². The first-order chi connectivity index (χ1) is 10.1. The predicted molar refractivity (Wildman–Crippen MR) is 86.2 cm³/mol. The lowest BCUT2D eigenvalue weighted by Crippen LogP contribution is -2.33. The molecule has 0 bridgehead atoms. The van der Waals surface area contributed by atoms with Gasteiger partial charge in [0.2, 0.25) is 5.91 Å². The topological polar surface area (TPSA) is 90.7 Å². The summed E-state index contributed by atoms with van der Waals surface area (Å²) in [6.45, 7) is 0.844. The molecule has 7 heteroatoms. The molecule has 1 rings (SSSR count). The van der Waals surface area contributed by atoms with Crippen LogP contribution in [0, 0.1) is 0 Å². The van der Waals surface area contributed by atoms with E-state index in [-0.39, 0.29) is 36.8 Å². The minimum atomic E-state index is -0.359. The minimum Gasteiger partial charge on any atom is -0.465 e. The first-order valence-corrected chi connectivity index (χ1v) is 6.77. The monoisotopic (exact) mass is 330 g/mol. The second-order valence-corrected chi connectivity index (χ2v) is 4.59. The number of methoxy groups -OCH3 is 2. The number of ether oxygens (including phenoxy) is 2. The number of halogens is 1. The molecule has 124 valence electrons. The average Bonchev–Trinajstić information content (AvgIpc) is 2.52. The van der Waals surface area contributed by atoms with Gasteiger partial charge in [0.15, 0.2) is 0 Å². The van der Waals surface area contributed by atoms with Crippen LogP contribution in [-0.4, -0.2) is 45.3 Å². The van der Waals surface area contributed by atoms with Gasteiger partial charge in [-0.2, -0.15) is 0 Å². The zero-order chi connectivity index (χ0) is 15.7. The van der Waals surface area contributed by atoms with Crippen molar-refractivity contribution < 1.29 is 19.1 Å². The number of nitrogens with one attached hydrogen (secondary N) is 1. The van der Waals surface area contributed by atoms with Crippen molar-refractivity contribution in [2.75, 3.05) is 27.3 Å². The van der Waals surface area contributed by atoms with Crippen molar-refractivity contribution in [2.45, 2.75) is 18.9 Å². The quantitative estimate of drug-likeness (QED) is 0.692. The SMILES string of the molecule is COC(=O)c1ccc(CCNC(=O)CC(CN)OC)cc1.Cl. The highest BCUT2D eigenvalue weighted by molar-refractivity contribution is 5.89. The van der Waals surface area contributed by atoms with Crippen LogP contribution in [0.4, 0.5) is 0 Å². The number of hydrogen-bond acceptors (Lipinski definition) is 5. The van der Waals surface area contributed by atoms with Gasteiger partial charge in [-0.15, -0.1) is 12.4 Å². The molecule has 3 N–H and O–H groups in total. The van der Waals surface area contributed by atoms with Crippen molar-refractivity contribution in [1.82, 2.24) is 5.32 Å². The lowest BCUT2D eigenvalue weighted by Gasteiger charge is -2.12. The van der Waals surface area contributed by atoms with Crippen molar-refractivity contribution in [3.05, 3.63) is 35.4 Å². The largest absolute Gasteiger partial charge is 0.465 e. The molecule has 0 heterocycles. The third-order valence-electron chi connectivity index (χ3n) is 3.12. The van der Waals surface area contributed by atoms with Gasteiger partial charge in [0.1, 0.15) is 0 Å². The normalized spacial score (nSPS) is 11.2. The van der Waals surface area contributed by atoms with Gasteiger partial charge in [0.05, 0.1) is 25.2 Å². The summed E-state index contributed by atoms with van der Waals surface area (Å²) < 4.78 is 9.68. The number of carbonyl (C=O) groups is 2. The molecule has 0 aromatic heterocycles. The van der Waals surface area contributed by atoms with Crippen LogP contribution in [0.1, 0.15) is 22.3 Å². The molecule has 0 saturated heterocycles. The molecule has 0 aliphatic heterocycles. The van der Waals surface area contributed by atoms with Gasteiger partial charge in [0, 0.05) is 20.2 Å². The van der Waals surface area contributed by atoms with Gasteiger partial charge >= 0.3 is 5.97 Å². The van der Waals surface area contributed by atoms with E-state index in [1.165, 1.54) is 14.2 Å². The molecule has 1 amide bonds. The van der Waals surface area contributed by atoms with Crippen LogP contribution >= 0.6 is 12.4 Å². The zero-order valence-corrected chi connectivity index (χ0v) is 13.7. The maximum absolute atomic E-state index is 11.6. The van der Waals surface area contributed by atoms with Crippen molar-refractivity contribution in [1.29, 1.82) is 0 Å². The van der Waals surface area contributed by atoms with Crippen LogP contribution in [0.15, 0.2) is 24.3 Å². The Morgan fingerprint density at radius 1 is 1.23 bits per heavy atom. The maximum atomic E-state index is 11.6.